The van der Waals surface area contributed by atoms with Crippen molar-refractivity contribution < 1.29 is 9.53 Å². The van der Waals surface area contributed by atoms with Crippen molar-refractivity contribution in [1.82, 2.24) is 15.1 Å². The third kappa shape index (κ3) is 3.18. The SMILES string of the molecule is Cc1cc(C)n(-c2cccc(NC(=O)C3COCCN3)c2)n1. The number of ether oxygens (including phenoxy) is 1. The van der Waals surface area contributed by atoms with Crippen LogP contribution >= 0.6 is 0 Å². The van der Waals surface area contributed by atoms with Gasteiger partial charge in [0.1, 0.15) is 6.04 Å². The van der Waals surface area contributed by atoms with E-state index >= 15 is 0 Å². The summed E-state index contributed by atoms with van der Waals surface area (Å²) in [4.78, 5) is 12.2. The van der Waals surface area contributed by atoms with E-state index in [1.807, 2.05) is 48.9 Å². The van der Waals surface area contributed by atoms with Crippen molar-refractivity contribution in [1.29, 1.82) is 0 Å². The number of amides is 1. The smallest absolute Gasteiger partial charge is 0.243 e. The fourth-order valence-electron chi connectivity index (χ4n) is 2.57. The van der Waals surface area contributed by atoms with Crippen LogP contribution in [0, 0.1) is 13.8 Å². The second-order valence-electron chi connectivity index (χ2n) is 5.46. The molecule has 0 saturated carbocycles. The van der Waals surface area contributed by atoms with Gasteiger partial charge in [-0.3, -0.25) is 4.79 Å². The van der Waals surface area contributed by atoms with Crippen LogP contribution in [0.15, 0.2) is 30.3 Å². The fraction of sp³-hybridized carbons (Fsp3) is 0.375. The molecular weight excluding hydrogens is 280 g/mol. The summed E-state index contributed by atoms with van der Waals surface area (Å²) >= 11 is 0. The molecule has 1 aliphatic heterocycles. The van der Waals surface area contributed by atoms with Gasteiger partial charge >= 0.3 is 0 Å². The highest BCUT2D eigenvalue weighted by Gasteiger charge is 2.21. The molecule has 1 unspecified atom stereocenters. The second kappa shape index (κ2) is 6.29. The maximum absolute atomic E-state index is 12.2. The number of nitrogens with zero attached hydrogens (tertiary/aromatic N) is 2. The number of rotatable bonds is 3. The Bertz CT molecular complexity index is 675. The van der Waals surface area contributed by atoms with E-state index in [-0.39, 0.29) is 11.9 Å². The molecule has 2 heterocycles. The number of aryl methyl sites for hydroxylation is 2. The molecule has 2 aromatic rings. The molecule has 1 aromatic heterocycles. The quantitative estimate of drug-likeness (QED) is 0.899. The maximum Gasteiger partial charge on any atom is 0.243 e. The van der Waals surface area contributed by atoms with Crippen LogP contribution in [-0.4, -0.2) is 41.5 Å². The van der Waals surface area contributed by atoms with Gasteiger partial charge in [-0.1, -0.05) is 6.07 Å². The lowest BCUT2D eigenvalue weighted by molar-refractivity contribution is -0.120. The summed E-state index contributed by atoms with van der Waals surface area (Å²) in [5, 5.41) is 10.5. The molecule has 0 spiro atoms. The summed E-state index contributed by atoms with van der Waals surface area (Å²) in [7, 11) is 0. The van der Waals surface area contributed by atoms with Crippen LogP contribution in [0.4, 0.5) is 5.69 Å². The van der Waals surface area contributed by atoms with E-state index in [1.165, 1.54) is 0 Å². The molecule has 1 atom stereocenters. The van der Waals surface area contributed by atoms with Crippen LogP contribution in [0.3, 0.4) is 0 Å². The first-order valence-corrected chi connectivity index (χ1v) is 7.39. The molecular formula is C16H20N4O2. The monoisotopic (exact) mass is 300 g/mol. The molecule has 3 rings (SSSR count). The molecule has 0 radical (unpaired) electrons. The van der Waals surface area contributed by atoms with Gasteiger partial charge in [0.2, 0.25) is 5.91 Å². The number of hydrogen-bond acceptors (Lipinski definition) is 4. The number of morpholine rings is 1. The maximum atomic E-state index is 12.2. The van der Waals surface area contributed by atoms with Crippen molar-refractivity contribution in [2.24, 2.45) is 0 Å². The van der Waals surface area contributed by atoms with Gasteiger partial charge in [0.05, 0.1) is 24.6 Å². The Labute approximate surface area is 129 Å². The zero-order chi connectivity index (χ0) is 15.5. The molecule has 22 heavy (non-hydrogen) atoms. The van der Waals surface area contributed by atoms with Crippen LogP contribution in [0.5, 0.6) is 0 Å². The van der Waals surface area contributed by atoms with E-state index in [0.29, 0.717) is 19.8 Å². The van der Waals surface area contributed by atoms with Crippen molar-refractivity contribution >= 4 is 11.6 Å². The largest absolute Gasteiger partial charge is 0.378 e. The normalized spacial score (nSPS) is 18.2. The van der Waals surface area contributed by atoms with Crippen LogP contribution in [-0.2, 0) is 9.53 Å². The number of benzene rings is 1. The minimum Gasteiger partial charge on any atom is -0.378 e. The molecule has 1 fully saturated rings. The van der Waals surface area contributed by atoms with Crippen LogP contribution in [0.1, 0.15) is 11.4 Å². The van der Waals surface area contributed by atoms with Crippen molar-refractivity contribution in [3.8, 4) is 5.69 Å². The Morgan fingerprint density at radius 3 is 2.95 bits per heavy atom. The minimum absolute atomic E-state index is 0.0785. The van der Waals surface area contributed by atoms with Gasteiger partial charge in [-0.05, 0) is 38.1 Å². The van der Waals surface area contributed by atoms with Crippen molar-refractivity contribution in [3.05, 3.63) is 41.7 Å². The molecule has 6 nitrogen and oxygen atoms in total. The van der Waals surface area contributed by atoms with Gasteiger partial charge in [0.15, 0.2) is 0 Å². The molecule has 2 N–H and O–H groups in total. The predicted octanol–water partition coefficient (Wildman–Crippen LogP) is 1.42. The third-order valence-electron chi connectivity index (χ3n) is 3.61. The van der Waals surface area contributed by atoms with Crippen molar-refractivity contribution in [2.45, 2.75) is 19.9 Å². The van der Waals surface area contributed by atoms with Crippen LogP contribution < -0.4 is 10.6 Å². The average molecular weight is 300 g/mol. The lowest BCUT2D eigenvalue weighted by atomic mass is 10.2. The topological polar surface area (TPSA) is 68.2 Å². The summed E-state index contributed by atoms with van der Waals surface area (Å²) < 4.78 is 7.18. The van der Waals surface area contributed by atoms with Gasteiger partial charge in [-0.25, -0.2) is 4.68 Å². The summed E-state index contributed by atoms with van der Waals surface area (Å²) in [5.74, 6) is -0.0785. The van der Waals surface area contributed by atoms with Crippen molar-refractivity contribution in [2.75, 3.05) is 25.1 Å². The number of anilines is 1. The van der Waals surface area contributed by atoms with Gasteiger partial charge < -0.3 is 15.4 Å². The molecule has 0 bridgehead atoms. The molecule has 0 aliphatic carbocycles. The highest BCUT2D eigenvalue weighted by molar-refractivity contribution is 5.95. The molecule has 116 valence electrons. The molecule has 1 aliphatic rings. The average Bonchev–Trinajstić information content (AvgIpc) is 2.87. The summed E-state index contributed by atoms with van der Waals surface area (Å²) in [5.41, 5.74) is 3.71. The first kappa shape index (κ1) is 14.7. The van der Waals surface area contributed by atoms with Crippen LogP contribution in [0.25, 0.3) is 5.69 Å². The Kier molecular flexibility index (Phi) is 4.22. The van der Waals surface area contributed by atoms with Crippen molar-refractivity contribution in [3.63, 3.8) is 0 Å². The Morgan fingerprint density at radius 1 is 1.41 bits per heavy atom. The Morgan fingerprint density at radius 2 is 2.27 bits per heavy atom. The molecule has 6 heteroatoms. The summed E-state index contributed by atoms with van der Waals surface area (Å²) in [6.45, 7) is 5.72. The number of nitrogens with one attached hydrogen (secondary N) is 2. The fourth-order valence-corrected chi connectivity index (χ4v) is 2.57. The number of hydrogen-bond donors (Lipinski definition) is 2. The first-order valence-electron chi connectivity index (χ1n) is 7.39. The van der Waals surface area contributed by atoms with Crippen LogP contribution in [0.2, 0.25) is 0 Å². The van der Waals surface area contributed by atoms with E-state index in [4.69, 9.17) is 4.74 Å². The first-order chi connectivity index (χ1) is 10.6. The van der Waals surface area contributed by atoms with E-state index in [0.717, 1.165) is 22.8 Å². The highest BCUT2D eigenvalue weighted by Crippen LogP contribution is 2.17. The Balaban J connectivity index is 1.76. The van der Waals surface area contributed by atoms with E-state index in [1.54, 1.807) is 0 Å². The number of aromatic nitrogens is 2. The van der Waals surface area contributed by atoms with Gasteiger partial charge in [-0.2, -0.15) is 5.10 Å². The molecule has 1 aromatic carbocycles. The van der Waals surface area contributed by atoms with Gasteiger partial charge in [0.25, 0.3) is 0 Å². The minimum atomic E-state index is -0.300. The second-order valence-corrected chi connectivity index (χ2v) is 5.46. The summed E-state index contributed by atoms with van der Waals surface area (Å²) in [6.07, 6.45) is 0. The molecule has 1 amide bonds. The number of carbonyl (C=O) groups excluding carboxylic acids is 1. The van der Waals surface area contributed by atoms with Gasteiger partial charge in [-0.15, -0.1) is 0 Å². The molecule has 1 saturated heterocycles. The standard InChI is InChI=1S/C16H20N4O2/c1-11-8-12(2)20(19-11)14-5-3-4-13(9-14)18-16(21)15-10-22-7-6-17-15/h3-5,8-9,15,17H,6-7,10H2,1-2H3,(H,18,21). The predicted molar refractivity (Wildman–Crippen MR) is 84.3 cm³/mol. The van der Waals surface area contributed by atoms with Gasteiger partial charge in [0, 0.05) is 17.9 Å². The van der Waals surface area contributed by atoms with E-state index in [9.17, 15) is 4.79 Å². The lowest BCUT2D eigenvalue weighted by Crippen LogP contribution is -2.48. The lowest BCUT2D eigenvalue weighted by Gasteiger charge is -2.23. The van der Waals surface area contributed by atoms with E-state index < -0.39 is 0 Å². The zero-order valence-electron chi connectivity index (χ0n) is 12.8. The zero-order valence-corrected chi connectivity index (χ0v) is 12.8. The van der Waals surface area contributed by atoms with E-state index in [2.05, 4.69) is 15.7 Å². The highest BCUT2D eigenvalue weighted by atomic mass is 16.5. The number of carbonyl (C=O) groups is 1. The summed E-state index contributed by atoms with van der Waals surface area (Å²) in [6, 6.07) is 9.39. The third-order valence-corrected chi connectivity index (χ3v) is 3.61. The Hall–Kier alpha value is -2.18.